The number of aliphatic hydroxyl groups excluding tert-OH is 3. The van der Waals surface area contributed by atoms with Crippen LogP contribution in [0.5, 0.6) is 0 Å². The third-order valence-corrected chi connectivity index (χ3v) is 4.89. The fourth-order valence-corrected chi connectivity index (χ4v) is 3.27. The minimum atomic E-state index is -4.40. The van der Waals surface area contributed by atoms with Gasteiger partial charge in [0.2, 0.25) is 0 Å². The molecule has 3 aromatic rings. The van der Waals surface area contributed by atoms with Gasteiger partial charge in [-0.1, -0.05) is 12.1 Å². The van der Waals surface area contributed by atoms with Crippen molar-refractivity contribution < 1.29 is 33.2 Å². The molecule has 4 atom stereocenters. The summed E-state index contributed by atoms with van der Waals surface area (Å²) < 4.78 is 44.9. The number of fused-ring (bicyclic) bond motifs is 1. The molecule has 4 rings (SSSR count). The topological polar surface area (TPSA) is 126 Å². The lowest BCUT2D eigenvalue weighted by molar-refractivity contribution is -0.137. The van der Waals surface area contributed by atoms with Crippen molar-refractivity contribution in [3.63, 3.8) is 0 Å². The Balaban J connectivity index is 1.54. The quantitative estimate of drug-likeness (QED) is 0.478. The van der Waals surface area contributed by atoms with Crippen molar-refractivity contribution in [3.05, 3.63) is 48.0 Å². The van der Waals surface area contributed by atoms with Gasteiger partial charge in [0, 0.05) is 6.54 Å². The van der Waals surface area contributed by atoms with Crippen LogP contribution in [-0.2, 0) is 17.5 Å². The molecule has 30 heavy (non-hydrogen) atoms. The van der Waals surface area contributed by atoms with E-state index in [9.17, 15) is 28.5 Å². The first-order chi connectivity index (χ1) is 14.3. The van der Waals surface area contributed by atoms with Gasteiger partial charge in [-0.25, -0.2) is 15.0 Å². The van der Waals surface area contributed by atoms with Gasteiger partial charge in [-0.2, -0.15) is 13.2 Å². The molecule has 1 aliphatic heterocycles. The lowest BCUT2D eigenvalue weighted by Gasteiger charge is -2.16. The van der Waals surface area contributed by atoms with Crippen molar-refractivity contribution in [2.45, 2.75) is 37.3 Å². The third kappa shape index (κ3) is 3.69. The molecule has 12 heteroatoms. The number of aromatic nitrogens is 4. The number of benzene rings is 1. The summed E-state index contributed by atoms with van der Waals surface area (Å²) in [6.45, 7) is -0.263. The van der Waals surface area contributed by atoms with Crippen LogP contribution in [0.4, 0.5) is 19.0 Å². The van der Waals surface area contributed by atoms with Gasteiger partial charge in [0.15, 0.2) is 23.2 Å². The summed E-state index contributed by atoms with van der Waals surface area (Å²) in [4.78, 5) is 12.5. The first kappa shape index (κ1) is 20.5. The molecule has 1 unspecified atom stereocenters. The molecule has 0 aliphatic carbocycles. The number of alkyl halides is 3. The minimum Gasteiger partial charge on any atom is -0.394 e. The summed E-state index contributed by atoms with van der Waals surface area (Å²) in [5, 5.41) is 32.4. The summed E-state index contributed by atoms with van der Waals surface area (Å²) in [6, 6.07) is 4.74. The van der Waals surface area contributed by atoms with Gasteiger partial charge in [-0.05, 0) is 17.7 Å². The second kappa shape index (κ2) is 7.80. The van der Waals surface area contributed by atoms with E-state index >= 15 is 0 Å². The van der Waals surface area contributed by atoms with Gasteiger partial charge >= 0.3 is 6.18 Å². The van der Waals surface area contributed by atoms with E-state index in [4.69, 9.17) is 4.74 Å². The Morgan fingerprint density at radius 3 is 2.43 bits per heavy atom. The Hall–Kier alpha value is -2.80. The van der Waals surface area contributed by atoms with Crippen LogP contribution in [-0.4, -0.2) is 59.8 Å². The van der Waals surface area contributed by atoms with E-state index in [0.29, 0.717) is 22.5 Å². The molecule has 1 aromatic carbocycles. The molecular formula is C18H18F3N5O4. The number of rotatable bonds is 5. The van der Waals surface area contributed by atoms with Crippen molar-refractivity contribution in [1.29, 1.82) is 0 Å². The summed E-state index contributed by atoms with van der Waals surface area (Å²) in [5.74, 6) is 0.338. The fourth-order valence-electron chi connectivity index (χ4n) is 3.27. The van der Waals surface area contributed by atoms with Crippen LogP contribution in [0.2, 0.25) is 0 Å². The minimum absolute atomic E-state index is 0.199. The predicted octanol–water partition coefficient (Wildman–Crippen LogP) is 1.07. The Bertz CT molecular complexity index is 1030. The summed E-state index contributed by atoms with van der Waals surface area (Å²) >= 11 is 0. The summed E-state index contributed by atoms with van der Waals surface area (Å²) in [7, 11) is 0. The highest BCUT2D eigenvalue weighted by atomic mass is 19.4. The van der Waals surface area contributed by atoms with Gasteiger partial charge in [-0.3, -0.25) is 4.57 Å². The fraction of sp³-hybridized carbons (Fsp3) is 0.389. The molecule has 160 valence electrons. The Kier molecular flexibility index (Phi) is 5.32. The van der Waals surface area contributed by atoms with Crippen LogP contribution < -0.4 is 5.32 Å². The maximum atomic E-state index is 12.7. The average Bonchev–Trinajstić information content (AvgIpc) is 3.27. The van der Waals surface area contributed by atoms with Gasteiger partial charge in [-0.15, -0.1) is 0 Å². The number of hydrogen-bond acceptors (Lipinski definition) is 8. The molecule has 4 N–H and O–H groups in total. The molecule has 9 nitrogen and oxygen atoms in total. The van der Waals surface area contributed by atoms with Gasteiger partial charge < -0.3 is 25.4 Å². The Morgan fingerprint density at radius 1 is 1.07 bits per heavy atom. The highest BCUT2D eigenvalue weighted by Crippen LogP contribution is 2.32. The maximum Gasteiger partial charge on any atom is 0.416 e. The van der Waals surface area contributed by atoms with Crippen LogP contribution in [0.3, 0.4) is 0 Å². The zero-order chi connectivity index (χ0) is 21.5. The number of ether oxygens (including phenoxy) is 1. The van der Waals surface area contributed by atoms with E-state index < -0.39 is 42.9 Å². The molecule has 2 aromatic heterocycles. The number of anilines is 1. The van der Waals surface area contributed by atoms with Crippen LogP contribution in [0.15, 0.2) is 36.9 Å². The molecule has 3 heterocycles. The number of nitrogens with one attached hydrogen (secondary N) is 1. The molecule has 0 spiro atoms. The first-order valence-corrected chi connectivity index (χ1v) is 8.99. The van der Waals surface area contributed by atoms with Crippen molar-refractivity contribution in [3.8, 4) is 0 Å². The highest BCUT2D eigenvalue weighted by Gasteiger charge is 2.44. The molecule has 1 saturated heterocycles. The summed E-state index contributed by atoms with van der Waals surface area (Å²) in [6.07, 6.45) is -6.27. The molecule has 1 fully saturated rings. The first-order valence-electron chi connectivity index (χ1n) is 8.99. The van der Waals surface area contributed by atoms with E-state index in [1.54, 1.807) is 0 Å². The number of imidazole rings is 1. The van der Waals surface area contributed by atoms with Crippen molar-refractivity contribution in [2.75, 3.05) is 11.9 Å². The van der Waals surface area contributed by atoms with Crippen molar-refractivity contribution in [1.82, 2.24) is 19.5 Å². The highest BCUT2D eigenvalue weighted by molar-refractivity contribution is 5.82. The molecule has 0 bridgehead atoms. The van der Waals surface area contributed by atoms with Crippen LogP contribution in [0.25, 0.3) is 11.2 Å². The molecule has 0 amide bonds. The van der Waals surface area contributed by atoms with Crippen LogP contribution >= 0.6 is 0 Å². The number of nitrogens with zero attached hydrogens (tertiary/aromatic N) is 4. The normalized spacial score (nSPS) is 24.5. The van der Waals surface area contributed by atoms with Crippen LogP contribution in [0, 0.1) is 0 Å². The standard InChI is InChI=1S/C18H18F3N5O4/c19-18(20,21)10-3-1-9(2-4-10)5-22-15-12-16(24-7-23-15)26(8-25-12)17-14(29)13(28)11(6-27)30-17/h1-4,7-8,11,13-14,17,27-29H,5-6H2,(H,22,23,24)/t11-,13+,14?,17-/m1/s1. The molecule has 1 aliphatic rings. The van der Waals surface area contributed by atoms with E-state index in [2.05, 4.69) is 20.3 Å². The van der Waals surface area contributed by atoms with Gasteiger partial charge in [0.1, 0.15) is 24.6 Å². The average molecular weight is 425 g/mol. The SMILES string of the molecule is OC[C@H]1O[C@@H](n2cnc3c(NCc4ccc(C(F)(F)F)cc4)ncnc32)C(O)[C@H]1O. The Morgan fingerprint density at radius 2 is 1.80 bits per heavy atom. The molecule has 0 radical (unpaired) electrons. The van der Waals surface area contributed by atoms with Crippen LogP contribution in [0.1, 0.15) is 17.4 Å². The second-order valence-electron chi connectivity index (χ2n) is 6.82. The zero-order valence-corrected chi connectivity index (χ0v) is 15.4. The molecule has 0 saturated carbocycles. The van der Waals surface area contributed by atoms with Gasteiger partial charge in [0.05, 0.1) is 18.5 Å². The lowest BCUT2D eigenvalue weighted by Crippen LogP contribution is -2.33. The number of aliphatic hydroxyl groups is 3. The zero-order valence-electron chi connectivity index (χ0n) is 15.4. The van der Waals surface area contributed by atoms with E-state index in [1.165, 1.54) is 29.4 Å². The second-order valence-corrected chi connectivity index (χ2v) is 6.82. The largest absolute Gasteiger partial charge is 0.416 e. The van der Waals surface area contributed by atoms with Gasteiger partial charge in [0.25, 0.3) is 0 Å². The van der Waals surface area contributed by atoms with Crippen molar-refractivity contribution in [2.24, 2.45) is 0 Å². The number of halogens is 3. The van der Waals surface area contributed by atoms with Crippen molar-refractivity contribution >= 4 is 17.0 Å². The predicted molar refractivity (Wildman–Crippen MR) is 97.1 cm³/mol. The summed E-state index contributed by atoms with van der Waals surface area (Å²) in [5.41, 5.74) is 0.544. The van der Waals surface area contributed by atoms with E-state index in [0.717, 1.165) is 12.1 Å². The lowest BCUT2D eigenvalue weighted by atomic mass is 10.1. The number of hydrogen-bond donors (Lipinski definition) is 4. The smallest absolute Gasteiger partial charge is 0.394 e. The molecular weight excluding hydrogens is 407 g/mol. The van der Waals surface area contributed by atoms with E-state index in [1.807, 2.05) is 0 Å². The third-order valence-electron chi connectivity index (χ3n) is 4.89. The monoisotopic (exact) mass is 425 g/mol. The Labute approximate surface area is 167 Å². The maximum absolute atomic E-state index is 12.7. The van der Waals surface area contributed by atoms with E-state index in [-0.39, 0.29) is 6.54 Å².